The molecule has 1 saturated heterocycles. The van der Waals surface area contributed by atoms with Gasteiger partial charge in [0, 0.05) is 5.75 Å². The zero-order valence-electron chi connectivity index (χ0n) is 15.9. The summed E-state index contributed by atoms with van der Waals surface area (Å²) >= 11 is 3.88. The fourth-order valence-corrected chi connectivity index (χ4v) is 2.99. The van der Waals surface area contributed by atoms with Crippen molar-refractivity contribution in [3.63, 3.8) is 0 Å². The minimum atomic E-state index is -1.20. The highest BCUT2D eigenvalue weighted by atomic mass is 32.1. The minimum absolute atomic E-state index is 0.0673. The van der Waals surface area contributed by atoms with Gasteiger partial charge in [-0.1, -0.05) is 13.8 Å². The maximum Gasteiger partial charge on any atom is 0.327 e. The van der Waals surface area contributed by atoms with Crippen LogP contribution in [0.2, 0.25) is 0 Å². The molecule has 9 nitrogen and oxygen atoms in total. The molecule has 0 aliphatic carbocycles. The number of hydrogen-bond acceptors (Lipinski definition) is 6. The van der Waals surface area contributed by atoms with Crippen molar-refractivity contribution < 1.29 is 24.3 Å². The van der Waals surface area contributed by atoms with Crippen molar-refractivity contribution >= 4 is 36.3 Å². The fraction of sp³-hybridized carbons (Fsp3) is 0.765. The molecule has 3 amide bonds. The van der Waals surface area contributed by atoms with E-state index in [1.165, 1.54) is 6.92 Å². The molecule has 27 heavy (non-hydrogen) atoms. The van der Waals surface area contributed by atoms with Gasteiger partial charge in [0.2, 0.25) is 17.7 Å². The van der Waals surface area contributed by atoms with E-state index in [1.54, 1.807) is 0 Å². The number of hydrogen-bond donors (Lipinski definition) is 6. The topological polar surface area (TPSA) is 137 Å². The molecule has 0 spiro atoms. The molecule has 0 bridgehead atoms. The second kappa shape index (κ2) is 11.1. The Hall–Kier alpha value is -1.81. The fourth-order valence-electron chi connectivity index (χ4n) is 2.75. The van der Waals surface area contributed by atoms with Gasteiger partial charge < -0.3 is 26.4 Å². The Morgan fingerprint density at radius 2 is 1.74 bits per heavy atom. The van der Waals surface area contributed by atoms with Crippen LogP contribution in [0.1, 0.15) is 40.0 Å². The summed E-state index contributed by atoms with van der Waals surface area (Å²) in [5.41, 5.74) is 0. The SMILES string of the molecule is CC(C)CC(NC(=O)C1CCCN1)C(=O)NC(C)C(=O)NC(CS)C(=O)O. The van der Waals surface area contributed by atoms with E-state index in [0.717, 1.165) is 19.4 Å². The van der Waals surface area contributed by atoms with Gasteiger partial charge in [0.05, 0.1) is 6.04 Å². The van der Waals surface area contributed by atoms with E-state index in [0.29, 0.717) is 6.42 Å². The lowest BCUT2D eigenvalue weighted by Crippen LogP contribution is -2.56. The highest BCUT2D eigenvalue weighted by Gasteiger charge is 2.30. The Balaban J connectivity index is 2.67. The standard InChI is InChI=1S/C17H30N4O5S/c1-9(2)7-12(20-15(23)11-5-4-6-18-11)16(24)19-10(3)14(22)21-13(8-27)17(25)26/h9-13,18,27H,4-8H2,1-3H3,(H,19,24)(H,20,23)(H,21,22)(H,25,26). The molecule has 0 aromatic rings. The first-order valence-electron chi connectivity index (χ1n) is 9.13. The molecule has 1 heterocycles. The van der Waals surface area contributed by atoms with Crippen molar-refractivity contribution in [2.45, 2.75) is 64.2 Å². The van der Waals surface area contributed by atoms with Crippen LogP contribution in [0.15, 0.2) is 0 Å². The number of aliphatic carboxylic acids is 1. The number of carbonyl (C=O) groups excluding carboxylic acids is 3. The molecule has 5 N–H and O–H groups in total. The van der Waals surface area contributed by atoms with E-state index in [-0.39, 0.29) is 23.6 Å². The van der Waals surface area contributed by atoms with Crippen LogP contribution in [0, 0.1) is 5.92 Å². The zero-order chi connectivity index (χ0) is 20.6. The van der Waals surface area contributed by atoms with Gasteiger partial charge in [-0.05, 0) is 38.6 Å². The van der Waals surface area contributed by atoms with Crippen molar-refractivity contribution in [3.8, 4) is 0 Å². The van der Waals surface area contributed by atoms with Crippen LogP contribution < -0.4 is 21.3 Å². The molecule has 0 radical (unpaired) electrons. The zero-order valence-corrected chi connectivity index (χ0v) is 16.8. The van der Waals surface area contributed by atoms with Crippen LogP contribution >= 0.6 is 12.6 Å². The van der Waals surface area contributed by atoms with E-state index in [9.17, 15) is 19.2 Å². The number of carbonyl (C=O) groups is 4. The smallest absolute Gasteiger partial charge is 0.327 e. The van der Waals surface area contributed by atoms with E-state index >= 15 is 0 Å². The van der Waals surface area contributed by atoms with Crippen molar-refractivity contribution in [1.29, 1.82) is 0 Å². The van der Waals surface area contributed by atoms with Crippen LogP contribution in [0.25, 0.3) is 0 Å². The largest absolute Gasteiger partial charge is 0.480 e. The van der Waals surface area contributed by atoms with Crippen molar-refractivity contribution in [3.05, 3.63) is 0 Å². The summed E-state index contributed by atoms with van der Waals surface area (Å²) in [6.07, 6.45) is 2.06. The molecule has 0 aromatic heterocycles. The first kappa shape index (κ1) is 23.2. The van der Waals surface area contributed by atoms with Crippen molar-refractivity contribution in [1.82, 2.24) is 21.3 Å². The molecule has 154 valence electrons. The highest BCUT2D eigenvalue weighted by Crippen LogP contribution is 2.09. The Kier molecular flexibility index (Phi) is 9.57. The molecule has 1 aliphatic heterocycles. The molecule has 4 unspecified atom stereocenters. The summed E-state index contributed by atoms with van der Waals surface area (Å²) in [6.45, 7) is 6.09. The second-order valence-electron chi connectivity index (χ2n) is 7.15. The molecule has 0 saturated carbocycles. The van der Waals surface area contributed by atoms with Crippen molar-refractivity contribution in [2.24, 2.45) is 5.92 Å². The number of carboxylic acid groups (broad SMARTS) is 1. The summed E-state index contributed by atoms with van der Waals surface area (Å²) in [7, 11) is 0. The maximum atomic E-state index is 12.6. The normalized spacial score (nSPS) is 19.8. The summed E-state index contributed by atoms with van der Waals surface area (Å²) in [6, 6.07) is -3.16. The van der Waals surface area contributed by atoms with Gasteiger partial charge in [0.1, 0.15) is 18.1 Å². The number of rotatable bonds is 10. The van der Waals surface area contributed by atoms with Gasteiger partial charge in [-0.15, -0.1) is 0 Å². The summed E-state index contributed by atoms with van der Waals surface area (Å²) < 4.78 is 0. The van der Waals surface area contributed by atoms with Crippen molar-refractivity contribution in [2.75, 3.05) is 12.3 Å². The average Bonchev–Trinajstić information content (AvgIpc) is 3.12. The third-order valence-corrected chi connectivity index (χ3v) is 4.63. The summed E-state index contributed by atoms with van der Waals surface area (Å²) in [4.78, 5) is 48.0. The maximum absolute atomic E-state index is 12.6. The minimum Gasteiger partial charge on any atom is -0.480 e. The lowest BCUT2D eigenvalue weighted by atomic mass is 10.0. The predicted octanol–water partition coefficient (Wildman–Crippen LogP) is -0.727. The van der Waals surface area contributed by atoms with Gasteiger partial charge in [-0.3, -0.25) is 14.4 Å². The van der Waals surface area contributed by atoms with E-state index < -0.39 is 35.9 Å². The van der Waals surface area contributed by atoms with E-state index in [1.807, 2.05) is 13.8 Å². The number of thiol groups is 1. The second-order valence-corrected chi connectivity index (χ2v) is 7.52. The lowest BCUT2D eigenvalue weighted by Gasteiger charge is -2.24. The molecule has 1 aliphatic rings. The predicted molar refractivity (Wildman–Crippen MR) is 103 cm³/mol. The highest BCUT2D eigenvalue weighted by molar-refractivity contribution is 7.80. The monoisotopic (exact) mass is 402 g/mol. The Morgan fingerprint density at radius 3 is 2.22 bits per heavy atom. The number of nitrogens with one attached hydrogen (secondary N) is 4. The van der Waals surface area contributed by atoms with Crippen LogP contribution in [0.4, 0.5) is 0 Å². The van der Waals surface area contributed by atoms with E-state index in [2.05, 4.69) is 33.9 Å². The van der Waals surface area contributed by atoms with Gasteiger partial charge in [0.25, 0.3) is 0 Å². The molecular weight excluding hydrogens is 372 g/mol. The van der Waals surface area contributed by atoms with Crippen LogP contribution in [0.5, 0.6) is 0 Å². The van der Waals surface area contributed by atoms with Crippen LogP contribution in [-0.2, 0) is 19.2 Å². The quantitative estimate of drug-likeness (QED) is 0.267. The van der Waals surface area contributed by atoms with Gasteiger partial charge in [-0.2, -0.15) is 12.6 Å². The van der Waals surface area contributed by atoms with Crippen LogP contribution in [-0.4, -0.2) is 65.3 Å². The Bertz CT molecular complexity index is 551. The summed E-state index contributed by atoms with van der Waals surface area (Å²) in [5.74, 6) is -2.45. The third kappa shape index (κ3) is 7.76. The molecular formula is C17H30N4O5S. The molecule has 1 rings (SSSR count). The number of carboxylic acids is 1. The number of amides is 3. The average molecular weight is 403 g/mol. The lowest BCUT2D eigenvalue weighted by molar-refractivity contribution is -0.141. The van der Waals surface area contributed by atoms with Gasteiger partial charge in [-0.25, -0.2) is 4.79 Å². The summed E-state index contributed by atoms with van der Waals surface area (Å²) in [5, 5.41) is 19.7. The molecule has 0 aromatic carbocycles. The van der Waals surface area contributed by atoms with Crippen LogP contribution in [0.3, 0.4) is 0 Å². The van der Waals surface area contributed by atoms with E-state index in [4.69, 9.17) is 5.11 Å². The van der Waals surface area contributed by atoms with Gasteiger partial charge >= 0.3 is 5.97 Å². The molecule has 10 heteroatoms. The Labute approximate surface area is 164 Å². The first-order valence-corrected chi connectivity index (χ1v) is 9.77. The molecule has 1 fully saturated rings. The first-order chi connectivity index (χ1) is 12.6. The van der Waals surface area contributed by atoms with Gasteiger partial charge in [0.15, 0.2) is 0 Å². The molecule has 4 atom stereocenters. The Morgan fingerprint density at radius 1 is 1.07 bits per heavy atom. The third-order valence-electron chi connectivity index (χ3n) is 4.27.